The van der Waals surface area contributed by atoms with Gasteiger partial charge in [-0.1, -0.05) is 0 Å². The molecule has 3 rings (SSSR count). The van der Waals surface area contributed by atoms with Gasteiger partial charge in [0, 0.05) is 22.4 Å². The van der Waals surface area contributed by atoms with Crippen LogP contribution in [0.2, 0.25) is 0 Å². The molecule has 0 aliphatic rings. The lowest BCUT2D eigenvalue weighted by atomic mass is 10.0. The molecule has 0 saturated heterocycles. The standard InChI is InChI=1S/C14H13NO3/c1-6-4-11(16)18-13-7(2)14-10(5-9(6)13)12(15)8(3)17-14/h4-5H,15H2,1-3H3. The van der Waals surface area contributed by atoms with Gasteiger partial charge in [0.25, 0.3) is 0 Å². The van der Waals surface area contributed by atoms with Gasteiger partial charge in [0.15, 0.2) is 0 Å². The Morgan fingerprint density at radius 2 is 1.67 bits per heavy atom. The third kappa shape index (κ3) is 1.29. The van der Waals surface area contributed by atoms with Gasteiger partial charge in [-0.25, -0.2) is 4.79 Å². The van der Waals surface area contributed by atoms with E-state index in [-0.39, 0.29) is 5.63 Å². The first kappa shape index (κ1) is 10.9. The fraction of sp³-hybridized carbons (Fsp3) is 0.214. The Morgan fingerprint density at radius 3 is 2.39 bits per heavy atom. The monoisotopic (exact) mass is 243 g/mol. The van der Waals surface area contributed by atoms with Gasteiger partial charge in [-0.15, -0.1) is 0 Å². The first-order valence-electron chi connectivity index (χ1n) is 5.71. The average Bonchev–Trinajstić information content (AvgIpc) is 2.59. The minimum absolute atomic E-state index is 0.348. The van der Waals surface area contributed by atoms with Crippen LogP contribution < -0.4 is 11.4 Å². The maximum atomic E-state index is 11.4. The maximum absolute atomic E-state index is 11.4. The Balaban J connectivity index is 2.64. The molecule has 0 fully saturated rings. The highest BCUT2D eigenvalue weighted by Crippen LogP contribution is 2.35. The highest BCUT2D eigenvalue weighted by Gasteiger charge is 2.15. The second-order valence-electron chi connectivity index (χ2n) is 4.58. The van der Waals surface area contributed by atoms with Gasteiger partial charge >= 0.3 is 5.63 Å². The van der Waals surface area contributed by atoms with E-state index < -0.39 is 0 Å². The number of rotatable bonds is 0. The van der Waals surface area contributed by atoms with Crippen LogP contribution >= 0.6 is 0 Å². The molecule has 0 aliphatic carbocycles. The van der Waals surface area contributed by atoms with Crippen molar-refractivity contribution in [2.75, 3.05) is 5.73 Å². The molecule has 4 nitrogen and oxygen atoms in total. The zero-order valence-electron chi connectivity index (χ0n) is 10.5. The molecule has 18 heavy (non-hydrogen) atoms. The summed E-state index contributed by atoms with van der Waals surface area (Å²) >= 11 is 0. The molecule has 0 spiro atoms. The summed E-state index contributed by atoms with van der Waals surface area (Å²) in [4.78, 5) is 11.4. The van der Waals surface area contributed by atoms with Crippen molar-refractivity contribution in [1.29, 1.82) is 0 Å². The van der Waals surface area contributed by atoms with E-state index in [1.165, 1.54) is 6.07 Å². The Bertz CT molecular complexity index is 840. The third-order valence-corrected chi connectivity index (χ3v) is 3.35. The van der Waals surface area contributed by atoms with E-state index >= 15 is 0 Å². The first-order valence-corrected chi connectivity index (χ1v) is 5.71. The summed E-state index contributed by atoms with van der Waals surface area (Å²) in [5.41, 5.74) is 9.23. The number of furan rings is 1. The lowest BCUT2D eigenvalue weighted by Crippen LogP contribution is -1.99. The van der Waals surface area contributed by atoms with E-state index in [9.17, 15) is 4.79 Å². The van der Waals surface area contributed by atoms with Gasteiger partial charge in [-0.2, -0.15) is 0 Å². The van der Waals surface area contributed by atoms with Gasteiger partial charge in [-0.05, 0) is 32.4 Å². The number of nitrogen functional groups attached to an aromatic ring is 1. The molecule has 2 heterocycles. The molecule has 4 heteroatoms. The van der Waals surface area contributed by atoms with Crippen LogP contribution in [-0.4, -0.2) is 0 Å². The van der Waals surface area contributed by atoms with Crippen LogP contribution in [0.1, 0.15) is 16.9 Å². The van der Waals surface area contributed by atoms with Gasteiger partial charge in [0.2, 0.25) is 0 Å². The van der Waals surface area contributed by atoms with Crippen LogP contribution in [0.4, 0.5) is 5.69 Å². The molecule has 0 bridgehead atoms. The molecule has 0 amide bonds. The van der Waals surface area contributed by atoms with Gasteiger partial charge in [0.1, 0.15) is 16.9 Å². The molecule has 92 valence electrons. The average molecular weight is 243 g/mol. The maximum Gasteiger partial charge on any atom is 0.336 e. The fourth-order valence-corrected chi connectivity index (χ4v) is 2.32. The molecule has 2 N–H and O–H groups in total. The topological polar surface area (TPSA) is 69.4 Å². The summed E-state index contributed by atoms with van der Waals surface area (Å²) in [6, 6.07) is 3.40. The molecule has 2 aromatic heterocycles. The number of hydrogen-bond donors (Lipinski definition) is 1. The SMILES string of the molecule is Cc1oc2c(C)c3oc(=O)cc(C)c3cc2c1N. The summed E-state index contributed by atoms with van der Waals surface area (Å²) in [7, 11) is 0. The van der Waals surface area contributed by atoms with Gasteiger partial charge in [-0.3, -0.25) is 0 Å². The summed E-state index contributed by atoms with van der Waals surface area (Å²) in [6.45, 7) is 5.57. The van der Waals surface area contributed by atoms with Crippen molar-refractivity contribution in [2.24, 2.45) is 0 Å². The summed E-state index contributed by atoms with van der Waals surface area (Å²) in [5, 5.41) is 1.77. The number of fused-ring (bicyclic) bond motifs is 2. The molecule has 0 aliphatic heterocycles. The van der Waals surface area contributed by atoms with E-state index in [4.69, 9.17) is 14.6 Å². The number of nitrogens with two attached hydrogens (primary N) is 1. The van der Waals surface area contributed by atoms with E-state index in [2.05, 4.69) is 0 Å². The largest absolute Gasteiger partial charge is 0.459 e. The third-order valence-electron chi connectivity index (χ3n) is 3.35. The van der Waals surface area contributed by atoms with Gasteiger partial charge < -0.3 is 14.6 Å². The highest BCUT2D eigenvalue weighted by atomic mass is 16.4. The molecular formula is C14H13NO3. The van der Waals surface area contributed by atoms with Crippen LogP contribution in [0.25, 0.3) is 21.9 Å². The lowest BCUT2D eigenvalue weighted by Gasteiger charge is -2.04. The van der Waals surface area contributed by atoms with E-state index in [1.807, 2.05) is 26.8 Å². The zero-order valence-corrected chi connectivity index (χ0v) is 10.5. The smallest absolute Gasteiger partial charge is 0.336 e. The number of benzene rings is 1. The number of aryl methyl sites for hydroxylation is 3. The minimum Gasteiger partial charge on any atom is -0.459 e. The predicted molar refractivity (Wildman–Crippen MR) is 70.9 cm³/mol. The Labute approximate surface area is 103 Å². The van der Waals surface area contributed by atoms with Crippen LogP contribution in [-0.2, 0) is 0 Å². The van der Waals surface area contributed by atoms with Crippen molar-refractivity contribution in [2.45, 2.75) is 20.8 Å². The Hall–Kier alpha value is -2.23. The molecule has 1 aromatic carbocycles. The molecular weight excluding hydrogens is 230 g/mol. The molecule has 3 aromatic rings. The number of hydrogen-bond acceptors (Lipinski definition) is 4. The molecule has 0 saturated carbocycles. The second kappa shape index (κ2) is 3.38. The predicted octanol–water partition coefficient (Wildman–Crippen LogP) is 3.05. The van der Waals surface area contributed by atoms with Crippen LogP contribution in [0, 0.1) is 20.8 Å². The van der Waals surface area contributed by atoms with E-state index in [1.54, 1.807) is 0 Å². The molecule has 0 radical (unpaired) electrons. The quantitative estimate of drug-likeness (QED) is 0.616. The van der Waals surface area contributed by atoms with Crippen molar-refractivity contribution < 1.29 is 8.83 Å². The van der Waals surface area contributed by atoms with Crippen LogP contribution in [0.3, 0.4) is 0 Å². The van der Waals surface area contributed by atoms with Crippen molar-refractivity contribution >= 4 is 27.6 Å². The van der Waals surface area contributed by atoms with Crippen LogP contribution in [0.15, 0.2) is 25.8 Å². The van der Waals surface area contributed by atoms with Crippen LogP contribution in [0.5, 0.6) is 0 Å². The fourth-order valence-electron chi connectivity index (χ4n) is 2.32. The van der Waals surface area contributed by atoms with Gasteiger partial charge in [0.05, 0.1) is 5.69 Å². The van der Waals surface area contributed by atoms with E-state index in [0.29, 0.717) is 22.6 Å². The number of anilines is 1. The zero-order chi connectivity index (χ0) is 13.0. The van der Waals surface area contributed by atoms with Crippen molar-refractivity contribution in [3.05, 3.63) is 39.4 Å². The lowest BCUT2D eigenvalue weighted by molar-refractivity contribution is 0.552. The van der Waals surface area contributed by atoms with E-state index in [0.717, 1.165) is 21.9 Å². The summed E-state index contributed by atoms with van der Waals surface area (Å²) in [5.74, 6) is 0.684. The molecule has 0 unspecified atom stereocenters. The van der Waals surface area contributed by atoms with Crippen molar-refractivity contribution in [1.82, 2.24) is 0 Å². The normalized spacial score (nSPS) is 11.5. The highest BCUT2D eigenvalue weighted by molar-refractivity contribution is 6.03. The second-order valence-corrected chi connectivity index (χ2v) is 4.58. The molecule has 0 atom stereocenters. The first-order chi connectivity index (χ1) is 8.49. The summed E-state index contributed by atoms with van der Waals surface area (Å²) in [6.07, 6.45) is 0. The van der Waals surface area contributed by atoms with Crippen molar-refractivity contribution in [3.8, 4) is 0 Å². The summed E-state index contributed by atoms with van der Waals surface area (Å²) < 4.78 is 10.9. The van der Waals surface area contributed by atoms with Crippen molar-refractivity contribution in [3.63, 3.8) is 0 Å². The Morgan fingerprint density at radius 1 is 1.00 bits per heavy atom. The Kier molecular flexibility index (Phi) is 2.05. The minimum atomic E-state index is -0.348.